The highest BCUT2D eigenvalue weighted by atomic mass is 79.9. The molecule has 3 aliphatic rings. The van der Waals surface area contributed by atoms with Crippen molar-refractivity contribution in [1.29, 1.82) is 0 Å². The van der Waals surface area contributed by atoms with Gasteiger partial charge in [-0.25, -0.2) is 0 Å². The summed E-state index contributed by atoms with van der Waals surface area (Å²) in [6.07, 6.45) is 0. The minimum Gasteiger partial charge on any atom is -0.456 e. The summed E-state index contributed by atoms with van der Waals surface area (Å²) >= 11 is 18.3. The summed E-state index contributed by atoms with van der Waals surface area (Å²) in [6.45, 7) is 4.67. The van der Waals surface area contributed by atoms with Crippen molar-refractivity contribution in [2.24, 2.45) is 0 Å². The van der Waals surface area contributed by atoms with Gasteiger partial charge in [-0.1, -0.05) is 373 Å². The van der Waals surface area contributed by atoms with Gasteiger partial charge in [0.2, 0.25) is 0 Å². The molecule has 26 aromatic rings. The van der Waals surface area contributed by atoms with Crippen LogP contribution in [0.15, 0.2) is 487 Å². The number of hydrogen-bond acceptors (Lipinski definition) is 5. The first-order valence-electron chi connectivity index (χ1n) is 46.1. The van der Waals surface area contributed by atoms with E-state index in [1.807, 2.05) is 84.9 Å². The molecule has 0 amide bonds. The van der Waals surface area contributed by atoms with Crippen molar-refractivity contribution in [3.8, 4) is 100 Å². The molecule has 656 valence electrons. The molecule has 1 spiro atoms. The lowest BCUT2D eigenvalue weighted by Gasteiger charge is -2.30. The average molecular weight is 2100 g/mol. The van der Waals surface area contributed by atoms with E-state index in [0.717, 1.165) is 116 Å². The second-order valence-electron chi connectivity index (χ2n) is 36.2. The van der Waals surface area contributed by atoms with Gasteiger partial charge in [-0.2, -0.15) is 0 Å². The summed E-state index contributed by atoms with van der Waals surface area (Å²) in [4.78, 5) is 0. The fourth-order valence-corrected chi connectivity index (χ4v) is 23.7. The summed E-state index contributed by atoms with van der Waals surface area (Å²) in [6, 6.07) is 157. The summed E-state index contributed by atoms with van der Waals surface area (Å²) in [5.41, 5.74) is 39.6. The van der Waals surface area contributed by atoms with Crippen molar-refractivity contribution in [1.82, 2.24) is 0 Å². The molecule has 0 atom stereocenters. The first-order chi connectivity index (χ1) is 67.6. The molecule has 5 aromatic heterocycles. The Balaban J connectivity index is 0.0000000932. The van der Waals surface area contributed by atoms with Gasteiger partial charge in [-0.05, 0) is 308 Å². The maximum absolute atomic E-state index is 6.12. The third-order valence-corrected chi connectivity index (χ3v) is 30.2. The van der Waals surface area contributed by atoms with Crippen LogP contribution in [-0.4, -0.2) is 0 Å². The quantitative estimate of drug-likeness (QED) is 0.166. The average Bonchev–Trinajstić information content (AvgIpc) is 1.48. The monoisotopic (exact) mass is 2090 g/mol. The van der Waals surface area contributed by atoms with Gasteiger partial charge >= 0.3 is 0 Å². The Bertz CT molecular complexity index is 9400. The summed E-state index contributed by atoms with van der Waals surface area (Å²) in [5.74, 6) is 0. The lowest BCUT2D eigenvalue weighted by molar-refractivity contribution is 0.662. The predicted octanol–water partition coefficient (Wildman–Crippen LogP) is 39.5. The van der Waals surface area contributed by atoms with Crippen molar-refractivity contribution < 1.29 is 22.1 Å². The topological polar surface area (TPSA) is 65.7 Å². The van der Waals surface area contributed by atoms with Crippen molar-refractivity contribution in [2.45, 2.75) is 24.7 Å². The third-order valence-electron chi connectivity index (χ3n) is 27.8. The van der Waals surface area contributed by atoms with Crippen LogP contribution in [0, 0.1) is 0 Å². The molecule has 0 bridgehead atoms. The van der Waals surface area contributed by atoms with Crippen LogP contribution in [0.5, 0.6) is 0 Å². The maximum atomic E-state index is 6.12. The molecule has 3 aliphatic carbocycles. The van der Waals surface area contributed by atoms with Crippen LogP contribution in [0.1, 0.15) is 47.2 Å². The molecule has 138 heavy (non-hydrogen) atoms. The molecule has 21 aromatic carbocycles. The highest BCUT2D eigenvalue weighted by Crippen LogP contribution is 2.64. The predicted molar refractivity (Wildman–Crippen MR) is 591 cm³/mol. The SMILES string of the molecule is Brc1cc(-c2ccc3oc4ccccc4c3c2)c2ccccc2c1.Brc1ccc2c(c1)C1(c3ccccc3-c3ccccc31)c1cc(-c3ccc4oc5ccccc5c4c3)ccc1-2.Brc1cccc(-c2ccc3oc4ccccc4c3c2)c1.Brc1cccc(-c2cccc(-c3ccc4oc5ccccc5c4c3)c2)c1.CC1(C)c2ccccc2-c2cc(Br)cc(-c3ccc4oc5ccccc5c4c3)c21. The third kappa shape index (κ3) is 14.7. The largest absolute Gasteiger partial charge is 0.456 e. The van der Waals surface area contributed by atoms with E-state index in [2.05, 4.69) is 451 Å². The second kappa shape index (κ2) is 34.5. The molecule has 5 heterocycles. The van der Waals surface area contributed by atoms with Gasteiger partial charge in [0.25, 0.3) is 0 Å². The molecule has 0 aliphatic heterocycles. The van der Waals surface area contributed by atoms with Gasteiger partial charge in [-0.3, -0.25) is 0 Å². The molecule has 0 radical (unpaired) electrons. The Kier molecular flexibility index (Phi) is 21.3. The summed E-state index contributed by atoms with van der Waals surface area (Å²) in [5, 5.41) is 14.1. The lowest BCUT2D eigenvalue weighted by Crippen LogP contribution is -2.25. The van der Waals surface area contributed by atoms with Crippen LogP contribution in [0.25, 0.3) is 221 Å². The van der Waals surface area contributed by atoms with Crippen LogP contribution in [0.4, 0.5) is 0 Å². The zero-order chi connectivity index (χ0) is 92.6. The fraction of sp³-hybridized carbons (Fsp3) is 0.0312. The zero-order valence-electron chi connectivity index (χ0n) is 74.6. The Morgan fingerprint density at radius 3 is 0.899 bits per heavy atom. The Hall–Kier alpha value is -14.7. The minimum absolute atomic E-state index is 0.0462. The normalized spacial score (nSPS) is 12.7. The molecule has 0 N–H and O–H groups in total. The maximum Gasteiger partial charge on any atom is 0.135 e. The number of benzene rings is 21. The highest BCUT2D eigenvalue weighted by Gasteiger charge is 2.52. The smallest absolute Gasteiger partial charge is 0.135 e. The van der Waals surface area contributed by atoms with E-state index in [4.69, 9.17) is 22.1 Å². The molecule has 0 saturated heterocycles. The van der Waals surface area contributed by atoms with Gasteiger partial charge in [0, 0.05) is 81.6 Å². The molecular formula is C128H79Br5O5. The van der Waals surface area contributed by atoms with Gasteiger partial charge in [0.1, 0.15) is 55.8 Å². The van der Waals surface area contributed by atoms with Crippen molar-refractivity contribution in [3.05, 3.63) is 499 Å². The number of halogens is 5. The van der Waals surface area contributed by atoms with E-state index in [-0.39, 0.29) is 10.8 Å². The molecular weight excluding hydrogens is 2020 g/mol. The van der Waals surface area contributed by atoms with Crippen LogP contribution >= 0.6 is 79.6 Å². The molecule has 10 heteroatoms. The Morgan fingerprint density at radius 2 is 0.449 bits per heavy atom. The number of hydrogen-bond donors (Lipinski definition) is 0. The first-order valence-corrected chi connectivity index (χ1v) is 50.1. The molecule has 5 nitrogen and oxygen atoms in total. The van der Waals surface area contributed by atoms with Crippen LogP contribution in [0.2, 0.25) is 0 Å². The standard InChI is InChI=1S/C37H21BrO.C27H19BrO.C24H15BrO.C22H13BrO.C18H11BrO/c38-24-15-17-28-27-16-13-23(22-14-18-36-30(19-22)29-9-3-6-12-35(29)39-36)20-33(27)37(34(28)21-24)31-10-4-1-7-25(31)26-8-2-5-11-32(26)37;1-27(2)23-9-5-3-7-18(23)22-15-17(28)14-20(26(22)27)16-11-12-25-21(13-16)19-8-4-6-10-24(19)29-25;25-20-8-4-7-18(14-20)16-5-3-6-17(13-16)19-11-12-24-22(15-19)21-9-1-2-10-23(21)26-24;23-16-11-14-5-1-2-6-17(14)19(13-16)15-9-10-22-20(12-15)18-7-3-4-8-21(18)24-22;19-14-5-3-4-12(10-14)13-8-9-18-16(11-13)15-6-1-2-7-17(15)20-18/h1-21H;3-15H,1-2H3;1-15H;1-13H;1-11H. The number of para-hydroxylation sites is 5. The van der Waals surface area contributed by atoms with Crippen LogP contribution in [-0.2, 0) is 10.8 Å². The van der Waals surface area contributed by atoms with Gasteiger partial charge in [0.15, 0.2) is 0 Å². The Morgan fingerprint density at radius 1 is 0.159 bits per heavy atom. The highest BCUT2D eigenvalue weighted by molar-refractivity contribution is 9.11. The van der Waals surface area contributed by atoms with E-state index in [9.17, 15) is 0 Å². The lowest BCUT2D eigenvalue weighted by atomic mass is 9.70. The molecule has 0 saturated carbocycles. The van der Waals surface area contributed by atoms with Gasteiger partial charge < -0.3 is 22.1 Å². The minimum atomic E-state index is -0.357. The number of fused-ring (bicyclic) bond motifs is 29. The zero-order valence-corrected chi connectivity index (χ0v) is 82.5. The van der Waals surface area contributed by atoms with E-state index in [1.54, 1.807) is 0 Å². The van der Waals surface area contributed by atoms with E-state index in [0.29, 0.717) is 0 Å². The van der Waals surface area contributed by atoms with E-state index in [1.165, 1.54) is 160 Å². The molecule has 29 rings (SSSR count). The van der Waals surface area contributed by atoms with E-state index >= 15 is 0 Å². The van der Waals surface area contributed by atoms with Crippen molar-refractivity contribution >= 4 is 200 Å². The summed E-state index contributed by atoms with van der Waals surface area (Å²) < 4.78 is 35.4. The number of furan rings is 5. The van der Waals surface area contributed by atoms with Crippen LogP contribution in [0.3, 0.4) is 0 Å². The first kappa shape index (κ1) is 85.0. The van der Waals surface area contributed by atoms with Gasteiger partial charge in [0.05, 0.1) is 5.41 Å². The number of rotatable bonds is 6. The van der Waals surface area contributed by atoms with Crippen molar-refractivity contribution in [2.75, 3.05) is 0 Å². The van der Waals surface area contributed by atoms with Crippen molar-refractivity contribution in [3.63, 3.8) is 0 Å². The van der Waals surface area contributed by atoms with E-state index < -0.39 is 0 Å². The molecule has 0 fully saturated rings. The fourth-order valence-electron chi connectivity index (χ4n) is 21.6. The van der Waals surface area contributed by atoms with Gasteiger partial charge in [-0.15, -0.1) is 0 Å². The van der Waals surface area contributed by atoms with Crippen LogP contribution < -0.4 is 0 Å². The Labute approximate surface area is 838 Å². The molecule has 0 unspecified atom stereocenters. The second-order valence-corrected chi connectivity index (χ2v) is 40.7. The summed E-state index contributed by atoms with van der Waals surface area (Å²) in [7, 11) is 0.